The number of thiophene rings is 1. The summed E-state index contributed by atoms with van der Waals surface area (Å²) in [4.78, 5) is 12.2. The molecule has 3 aromatic heterocycles. The number of nitrogens with one attached hydrogen (secondary N) is 1. The van der Waals surface area contributed by atoms with Crippen molar-refractivity contribution >= 4 is 17.2 Å². The molecule has 0 bridgehead atoms. The topological polar surface area (TPSA) is 39.0 Å². The Bertz CT molecular complexity index is 637. The fourth-order valence-electron chi connectivity index (χ4n) is 2.51. The monoisotopic (exact) mass is 313 g/mol. The summed E-state index contributed by atoms with van der Waals surface area (Å²) in [5, 5.41) is 7.17. The molecule has 114 valence electrons. The van der Waals surface area contributed by atoms with Gasteiger partial charge in [0, 0.05) is 37.9 Å². The first-order valence-corrected chi connectivity index (χ1v) is 8.29. The molecule has 3 aromatic rings. The van der Waals surface area contributed by atoms with Crippen molar-refractivity contribution in [2.75, 3.05) is 6.54 Å². The highest BCUT2D eigenvalue weighted by Gasteiger charge is 2.17. The summed E-state index contributed by atoms with van der Waals surface area (Å²) < 4.78 is 4.15. The SMILES string of the molecule is O=C(C[C@@H](c1ccsc1)n1cccc1)NCCn1cccc1. The number of carbonyl (C=O) groups excluding carboxylic acids is 1. The van der Waals surface area contributed by atoms with Gasteiger partial charge in [-0.15, -0.1) is 0 Å². The lowest BCUT2D eigenvalue weighted by molar-refractivity contribution is -0.121. The summed E-state index contributed by atoms with van der Waals surface area (Å²) in [6, 6.07) is 10.1. The molecule has 0 spiro atoms. The van der Waals surface area contributed by atoms with E-state index in [1.54, 1.807) is 11.3 Å². The molecular formula is C17H19N3OS. The standard InChI is InChI=1S/C17H19N3OS/c21-17(18-6-11-19-7-1-2-8-19)13-16(15-5-12-22-14-15)20-9-3-4-10-20/h1-5,7-10,12,14,16H,6,11,13H2,(H,18,21)/t16-/m0/s1. The van der Waals surface area contributed by atoms with Gasteiger partial charge in [-0.2, -0.15) is 11.3 Å². The van der Waals surface area contributed by atoms with Crippen LogP contribution in [0.4, 0.5) is 0 Å². The second-order valence-corrected chi connectivity index (χ2v) is 5.96. The van der Waals surface area contributed by atoms with Crippen molar-refractivity contribution in [3.8, 4) is 0 Å². The van der Waals surface area contributed by atoms with E-state index in [1.807, 2.05) is 49.1 Å². The number of hydrogen-bond donors (Lipinski definition) is 1. The minimum Gasteiger partial charge on any atom is -0.354 e. The third-order valence-electron chi connectivity index (χ3n) is 3.65. The minimum absolute atomic E-state index is 0.0628. The van der Waals surface area contributed by atoms with Crippen molar-refractivity contribution < 1.29 is 4.79 Å². The predicted octanol–water partition coefficient (Wildman–Crippen LogP) is 3.15. The van der Waals surface area contributed by atoms with Crippen LogP contribution in [-0.4, -0.2) is 21.6 Å². The second-order valence-electron chi connectivity index (χ2n) is 5.18. The van der Waals surface area contributed by atoms with E-state index >= 15 is 0 Å². The van der Waals surface area contributed by atoms with Crippen LogP contribution in [0.15, 0.2) is 65.9 Å². The molecule has 0 saturated heterocycles. The zero-order valence-electron chi connectivity index (χ0n) is 12.3. The van der Waals surface area contributed by atoms with E-state index in [2.05, 4.69) is 31.3 Å². The highest BCUT2D eigenvalue weighted by Crippen LogP contribution is 2.24. The maximum Gasteiger partial charge on any atom is 0.222 e. The predicted molar refractivity (Wildman–Crippen MR) is 88.9 cm³/mol. The Morgan fingerprint density at radius 3 is 2.55 bits per heavy atom. The summed E-state index contributed by atoms with van der Waals surface area (Å²) >= 11 is 1.66. The van der Waals surface area contributed by atoms with Gasteiger partial charge in [0.2, 0.25) is 5.91 Å². The number of carbonyl (C=O) groups is 1. The van der Waals surface area contributed by atoms with Crippen LogP contribution < -0.4 is 5.32 Å². The van der Waals surface area contributed by atoms with Gasteiger partial charge in [-0.1, -0.05) is 0 Å². The van der Waals surface area contributed by atoms with Crippen LogP contribution in [-0.2, 0) is 11.3 Å². The average molecular weight is 313 g/mol. The van der Waals surface area contributed by atoms with Crippen molar-refractivity contribution in [1.29, 1.82) is 0 Å². The van der Waals surface area contributed by atoms with Crippen molar-refractivity contribution in [3.05, 3.63) is 71.4 Å². The number of hydrogen-bond acceptors (Lipinski definition) is 2. The van der Waals surface area contributed by atoms with Gasteiger partial charge in [0.15, 0.2) is 0 Å². The molecule has 3 heterocycles. The highest BCUT2D eigenvalue weighted by atomic mass is 32.1. The third kappa shape index (κ3) is 3.68. The maximum absolute atomic E-state index is 12.2. The molecular weight excluding hydrogens is 294 g/mol. The van der Waals surface area contributed by atoms with Crippen LogP contribution >= 0.6 is 11.3 Å². The molecule has 0 saturated carbocycles. The molecule has 0 aromatic carbocycles. The van der Waals surface area contributed by atoms with Crippen LogP contribution in [0.3, 0.4) is 0 Å². The third-order valence-corrected chi connectivity index (χ3v) is 4.35. The lowest BCUT2D eigenvalue weighted by Gasteiger charge is -2.18. The molecule has 0 aliphatic rings. The summed E-state index contributed by atoms with van der Waals surface area (Å²) in [5.74, 6) is 0.0806. The Hall–Kier alpha value is -2.27. The Morgan fingerprint density at radius 2 is 1.86 bits per heavy atom. The smallest absolute Gasteiger partial charge is 0.222 e. The largest absolute Gasteiger partial charge is 0.354 e. The quantitative estimate of drug-likeness (QED) is 0.715. The number of rotatable bonds is 7. The van der Waals surface area contributed by atoms with Gasteiger partial charge in [-0.3, -0.25) is 4.79 Å². The van der Waals surface area contributed by atoms with Crippen LogP contribution in [0.25, 0.3) is 0 Å². The zero-order valence-corrected chi connectivity index (χ0v) is 13.1. The van der Waals surface area contributed by atoms with E-state index in [-0.39, 0.29) is 11.9 Å². The molecule has 4 nitrogen and oxygen atoms in total. The summed E-state index contributed by atoms with van der Waals surface area (Å²) in [5.41, 5.74) is 1.18. The number of aromatic nitrogens is 2. The first-order valence-electron chi connectivity index (χ1n) is 7.35. The van der Waals surface area contributed by atoms with Gasteiger partial charge in [0.1, 0.15) is 0 Å². The fourth-order valence-corrected chi connectivity index (χ4v) is 3.21. The first-order chi connectivity index (χ1) is 10.8. The van der Waals surface area contributed by atoms with Crippen molar-refractivity contribution in [2.45, 2.75) is 19.0 Å². The average Bonchev–Trinajstić information content (AvgIpc) is 3.26. The van der Waals surface area contributed by atoms with E-state index in [0.717, 1.165) is 6.54 Å². The Balaban J connectivity index is 1.57. The van der Waals surface area contributed by atoms with Crippen LogP contribution in [0.1, 0.15) is 18.0 Å². The van der Waals surface area contributed by atoms with Crippen LogP contribution in [0.2, 0.25) is 0 Å². The Kier molecular flexibility index (Phi) is 4.75. The lowest BCUT2D eigenvalue weighted by Crippen LogP contribution is -2.29. The van der Waals surface area contributed by atoms with E-state index < -0.39 is 0 Å². The van der Waals surface area contributed by atoms with Crippen LogP contribution in [0.5, 0.6) is 0 Å². The molecule has 0 radical (unpaired) electrons. The van der Waals surface area contributed by atoms with Gasteiger partial charge >= 0.3 is 0 Å². The summed E-state index contributed by atoms with van der Waals surface area (Å²) in [6.07, 6.45) is 8.47. The molecule has 0 fully saturated rings. The number of amides is 1. The van der Waals surface area contributed by atoms with Crippen molar-refractivity contribution in [2.24, 2.45) is 0 Å². The molecule has 0 aliphatic heterocycles. The van der Waals surface area contributed by atoms with E-state index in [0.29, 0.717) is 13.0 Å². The second kappa shape index (κ2) is 7.13. The molecule has 1 amide bonds. The fraction of sp³-hybridized carbons (Fsp3) is 0.235. The zero-order chi connectivity index (χ0) is 15.2. The lowest BCUT2D eigenvalue weighted by atomic mass is 10.1. The summed E-state index contributed by atoms with van der Waals surface area (Å²) in [6.45, 7) is 1.45. The van der Waals surface area contributed by atoms with Crippen molar-refractivity contribution in [1.82, 2.24) is 14.5 Å². The van der Waals surface area contributed by atoms with Crippen molar-refractivity contribution in [3.63, 3.8) is 0 Å². The highest BCUT2D eigenvalue weighted by molar-refractivity contribution is 7.07. The molecule has 0 aliphatic carbocycles. The Morgan fingerprint density at radius 1 is 1.14 bits per heavy atom. The van der Waals surface area contributed by atoms with Gasteiger partial charge in [0.05, 0.1) is 12.5 Å². The van der Waals surface area contributed by atoms with Crippen LogP contribution in [0, 0.1) is 0 Å². The van der Waals surface area contributed by atoms with Gasteiger partial charge < -0.3 is 14.5 Å². The van der Waals surface area contributed by atoms with Gasteiger partial charge in [-0.25, -0.2) is 0 Å². The van der Waals surface area contributed by atoms with Gasteiger partial charge in [-0.05, 0) is 46.7 Å². The van der Waals surface area contributed by atoms with Gasteiger partial charge in [0.25, 0.3) is 0 Å². The molecule has 1 atom stereocenters. The van der Waals surface area contributed by atoms with E-state index in [9.17, 15) is 4.79 Å². The first kappa shape index (κ1) is 14.7. The van der Waals surface area contributed by atoms with E-state index in [1.165, 1.54) is 5.56 Å². The summed E-state index contributed by atoms with van der Waals surface area (Å²) in [7, 11) is 0. The molecule has 0 unspecified atom stereocenters. The minimum atomic E-state index is 0.0628. The van der Waals surface area contributed by atoms with E-state index in [4.69, 9.17) is 0 Å². The molecule has 22 heavy (non-hydrogen) atoms. The molecule has 3 rings (SSSR count). The maximum atomic E-state index is 12.2. The molecule has 5 heteroatoms. The normalized spacial score (nSPS) is 12.2. The Labute approximate surface area is 134 Å². The number of nitrogens with zero attached hydrogens (tertiary/aromatic N) is 2. The molecule has 1 N–H and O–H groups in total.